The summed E-state index contributed by atoms with van der Waals surface area (Å²) in [6, 6.07) is 0. The standard InChI is InChI=1S/C7H8N4O2/c1-8-7(12)4-5-6(9-3-13-5)11(2)10-4/h3H,1-2H3,(H,8,12). The maximum atomic E-state index is 11.3. The zero-order valence-electron chi connectivity index (χ0n) is 7.24. The van der Waals surface area contributed by atoms with Gasteiger partial charge in [-0.05, 0) is 0 Å². The molecule has 2 aromatic rings. The Bertz CT molecular complexity index is 456. The molecule has 0 saturated heterocycles. The molecule has 1 N–H and O–H groups in total. The van der Waals surface area contributed by atoms with Crippen LogP contribution < -0.4 is 5.32 Å². The van der Waals surface area contributed by atoms with Gasteiger partial charge in [0.15, 0.2) is 17.7 Å². The van der Waals surface area contributed by atoms with Crippen molar-refractivity contribution in [3.63, 3.8) is 0 Å². The number of aromatic nitrogens is 3. The lowest BCUT2D eigenvalue weighted by atomic mass is 10.4. The zero-order chi connectivity index (χ0) is 9.42. The Hall–Kier alpha value is -1.85. The molecule has 0 aromatic carbocycles. The van der Waals surface area contributed by atoms with Crippen LogP contribution in [0.25, 0.3) is 11.2 Å². The minimum atomic E-state index is -0.276. The lowest BCUT2D eigenvalue weighted by Crippen LogP contribution is -2.18. The molecule has 0 aliphatic heterocycles. The Labute approximate surface area is 73.5 Å². The van der Waals surface area contributed by atoms with E-state index >= 15 is 0 Å². The number of amides is 1. The van der Waals surface area contributed by atoms with Crippen molar-refractivity contribution in [2.75, 3.05) is 7.05 Å². The number of nitrogens with zero attached hydrogens (tertiary/aromatic N) is 3. The number of nitrogens with one attached hydrogen (secondary N) is 1. The molecule has 0 radical (unpaired) electrons. The second kappa shape index (κ2) is 2.58. The first-order chi connectivity index (χ1) is 6.24. The summed E-state index contributed by atoms with van der Waals surface area (Å²) in [6.45, 7) is 0. The van der Waals surface area contributed by atoms with Gasteiger partial charge in [-0.1, -0.05) is 0 Å². The van der Waals surface area contributed by atoms with Crippen LogP contribution in [0.1, 0.15) is 10.5 Å². The highest BCUT2D eigenvalue weighted by Gasteiger charge is 2.18. The number of oxazole rings is 1. The Morgan fingerprint density at radius 2 is 2.46 bits per heavy atom. The van der Waals surface area contributed by atoms with Crippen molar-refractivity contribution in [2.24, 2.45) is 7.05 Å². The predicted molar refractivity (Wildman–Crippen MR) is 44.2 cm³/mol. The van der Waals surface area contributed by atoms with Gasteiger partial charge in [0.1, 0.15) is 0 Å². The van der Waals surface area contributed by atoms with Crippen LogP contribution in [0.2, 0.25) is 0 Å². The van der Waals surface area contributed by atoms with Gasteiger partial charge in [-0.15, -0.1) is 0 Å². The van der Waals surface area contributed by atoms with E-state index in [1.807, 2.05) is 0 Å². The summed E-state index contributed by atoms with van der Waals surface area (Å²) in [7, 11) is 3.25. The zero-order valence-corrected chi connectivity index (χ0v) is 7.24. The molecule has 1 amide bonds. The van der Waals surface area contributed by atoms with Gasteiger partial charge in [0, 0.05) is 14.1 Å². The summed E-state index contributed by atoms with van der Waals surface area (Å²) >= 11 is 0. The van der Waals surface area contributed by atoms with E-state index in [0.29, 0.717) is 11.2 Å². The minimum absolute atomic E-state index is 0.262. The molecule has 0 saturated carbocycles. The fraction of sp³-hybridized carbons (Fsp3) is 0.286. The third-order valence-electron chi connectivity index (χ3n) is 1.76. The van der Waals surface area contributed by atoms with Gasteiger partial charge in [-0.2, -0.15) is 10.1 Å². The monoisotopic (exact) mass is 180 g/mol. The van der Waals surface area contributed by atoms with Gasteiger partial charge < -0.3 is 9.73 Å². The number of hydrogen-bond donors (Lipinski definition) is 1. The molecule has 0 aliphatic rings. The summed E-state index contributed by atoms with van der Waals surface area (Å²) in [5.41, 5.74) is 1.25. The fourth-order valence-electron chi connectivity index (χ4n) is 1.14. The highest BCUT2D eigenvalue weighted by atomic mass is 16.3. The van der Waals surface area contributed by atoms with Crippen molar-refractivity contribution in [1.82, 2.24) is 20.1 Å². The van der Waals surface area contributed by atoms with Gasteiger partial charge in [0.05, 0.1) is 0 Å². The summed E-state index contributed by atoms with van der Waals surface area (Å²) in [4.78, 5) is 15.2. The van der Waals surface area contributed by atoms with Crippen molar-refractivity contribution in [3.8, 4) is 0 Å². The average molecular weight is 180 g/mol. The van der Waals surface area contributed by atoms with Gasteiger partial charge in [0.2, 0.25) is 5.58 Å². The normalized spacial score (nSPS) is 10.6. The van der Waals surface area contributed by atoms with Crippen molar-refractivity contribution in [3.05, 3.63) is 12.1 Å². The van der Waals surface area contributed by atoms with Crippen LogP contribution in [-0.4, -0.2) is 27.7 Å². The van der Waals surface area contributed by atoms with E-state index in [4.69, 9.17) is 4.42 Å². The smallest absolute Gasteiger partial charge is 0.275 e. The SMILES string of the molecule is CNC(=O)c1nn(C)c2ncoc12. The topological polar surface area (TPSA) is 73.0 Å². The molecule has 0 spiro atoms. The van der Waals surface area contributed by atoms with Crippen LogP contribution in [0.3, 0.4) is 0 Å². The van der Waals surface area contributed by atoms with E-state index in [1.165, 1.54) is 11.1 Å². The number of carbonyl (C=O) groups is 1. The second-order valence-corrected chi connectivity index (χ2v) is 2.56. The molecule has 6 nitrogen and oxygen atoms in total. The molecular weight excluding hydrogens is 172 g/mol. The number of rotatable bonds is 1. The summed E-state index contributed by atoms with van der Waals surface area (Å²) in [5, 5.41) is 6.44. The fourth-order valence-corrected chi connectivity index (χ4v) is 1.14. The van der Waals surface area contributed by atoms with Crippen molar-refractivity contribution >= 4 is 17.1 Å². The van der Waals surface area contributed by atoms with Crippen LogP contribution >= 0.6 is 0 Å². The van der Waals surface area contributed by atoms with Crippen molar-refractivity contribution in [2.45, 2.75) is 0 Å². The number of aryl methyl sites for hydroxylation is 1. The van der Waals surface area contributed by atoms with Crippen LogP contribution in [0.15, 0.2) is 10.8 Å². The maximum Gasteiger partial charge on any atom is 0.275 e. The Balaban J connectivity index is 2.68. The quantitative estimate of drug-likeness (QED) is 0.666. The van der Waals surface area contributed by atoms with Gasteiger partial charge in [-0.3, -0.25) is 4.79 Å². The van der Waals surface area contributed by atoms with E-state index in [9.17, 15) is 4.79 Å². The van der Waals surface area contributed by atoms with E-state index in [0.717, 1.165) is 0 Å². The summed E-state index contributed by atoms with van der Waals surface area (Å²) < 4.78 is 6.54. The minimum Gasteiger partial charge on any atom is -0.439 e. The molecule has 6 heteroatoms. The Kier molecular flexibility index (Phi) is 1.54. The lowest BCUT2D eigenvalue weighted by molar-refractivity contribution is 0.0958. The molecule has 2 aromatic heterocycles. The van der Waals surface area contributed by atoms with Gasteiger partial charge >= 0.3 is 0 Å². The Morgan fingerprint density at radius 1 is 1.69 bits per heavy atom. The predicted octanol–water partition coefficient (Wildman–Crippen LogP) is -0.0791. The van der Waals surface area contributed by atoms with E-state index in [1.54, 1.807) is 14.1 Å². The molecule has 2 heterocycles. The molecule has 13 heavy (non-hydrogen) atoms. The maximum absolute atomic E-state index is 11.3. The molecule has 0 fully saturated rings. The average Bonchev–Trinajstić information content (AvgIpc) is 2.68. The van der Waals surface area contributed by atoms with Crippen LogP contribution in [-0.2, 0) is 7.05 Å². The molecule has 0 unspecified atom stereocenters. The first kappa shape index (κ1) is 7.78. The molecule has 68 valence electrons. The number of fused-ring (bicyclic) bond motifs is 1. The van der Waals surface area contributed by atoms with Gasteiger partial charge in [-0.25, -0.2) is 4.68 Å². The summed E-state index contributed by atoms with van der Waals surface area (Å²) in [5.74, 6) is -0.276. The second-order valence-electron chi connectivity index (χ2n) is 2.56. The van der Waals surface area contributed by atoms with E-state index in [-0.39, 0.29) is 11.6 Å². The number of hydrogen-bond acceptors (Lipinski definition) is 4. The van der Waals surface area contributed by atoms with E-state index in [2.05, 4.69) is 15.4 Å². The van der Waals surface area contributed by atoms with Crippen molar-refractivity contribution < 1.29 is 9.21 Å². The highest BCUT2D eigenvalue weighted by Crippen LogP contribution is 2.15. The molecule has 0 bridgehead atoms. The molecule has 0 atom stereocenters. The highest BCUT2D eigenvalue weighted by molar-refractivity contribution is 6.01. The lowest BCUT2D eigenvalue weighted by Gasteiger charge is -1.91. The first-order valence-electron chi connectivity index (χ1n) is 3.72. The van der Waals surface area contributed by atoms with E-state index < -0.39 is 0 Å². The molecule has 0 aliphatic carbocycles. The largest absolute Gasteiger partial charge is 0.439 e. The van der Waals surface area contributed by atoms with Crippen LogP contribution in [0.5, 0.6) is 0 Å². The third kappa shape index (κ3) is 0.986. The molecular formula is C7H8N4O2. The number of carbonyl (C=O) groups excluding carboxylic acids is 1. The van der Waals surface area contributed by atoms with Crippen LogP contribution in [0.4, 0.5) is 0 Å². The Morgan fingerprint density at radius 3 is 3.15 bits per heavy atom. The van der Waals surface area contributed by atoms with Crippen molar-refractivity contribution in [1.29, 1.82) is 0 Å². The first-order valence-corrected chi connectivity index (χ1v) is 3.72. The van der Waals surface area contributed by atoms with Gasteiger partial charge in [0.25, 0.3) is 5.91 Å². The molecule has 2 rings (SSSR count). The van der Waals surface area contributed by atoms with Crippen LogP contribution in [0, 0.1) is 0 Å². The third-order valence-corrected chi connectivity index (χ3v) is 1.76. The summed E-state index contributed by atoms with van der Waals surface area (Å²) in [6.07, 6.45) is 1.29.